The lowest BCUT2D eigenvalue weighted by Gasteiger charge is -2.30. The first-order valence-corrected chi connectivity index (χ1v) is 7.89. The fraction of sp³-hybridized carbons (Fsp3) is 0.500. The Balaban J connectivity index is 1.97. The zero-order chi connectivity index (χ0) is 15.0. The van der Waals surface area contributed by atoms with Crippen molar-refractivity contribution >= 4 is 10.9 Å². The molecule has 2 aromatic rings. The number of aromatic amines is 1. The number of aromatic nitrogens is 1. The van der Waals surface area contributed by atoms with Crippen LogP contribution in [0.3, 0.4) is 0 Å². The summed E-state index contributed by atoms with van der Waals surface area (Å²) in [6.07, 6.45) is 2.48. The molecule has 0 radical (unpaired) electrons. The van der Waals surface area contributed by atoms with Crippen molar-refractivity contribution in [3.8, 4) is 0 Å². The van der Waals surface area contributed by atoms with Gasteiger partial charge >= 0.3 is 0 Å². The second-order valence-electron chi connectivity index (χ2n) is 6.51. The Hall–Kier alpha value is -1.61. The molecule has 1 aliphatic rings. The first kappa shape index (κ1) is 14.3. The lowest BCUT2D eigenvalue weighted by Crippen LogP contribution is -2.34. The number of nitrogens with one attached hydrogen (secondary N) is 1. The van der Waals surface area contributed by atoms with Crippen molar-refractivity contribution in [2.24, 2.45) is 5.92 Å². The average Bonchev–Trinajstić information content (AvgIpc) is 2.47. The van der Waals surface area contributed by atoms with Crippen molar-refractivity contribution in [3.63, 3.8) is 0 Å². The van der Waals surface area contributed by atoms with Gasteiger partial charge in [-0.25, -0.2) is 0 Å². The zero-order valence-electron chi connectivity index (χ0n) is 13.2. The summed E-state index contributed by atoms with van der Waals surface area (Å²) in [6, 6.07) is 5.94. The Morgan fingerprint density at radius 2 is 1.95 bits per heavy atom. The van der Waals surface area contributed by atoms with Crippen molar-refractivity contribution < 1.29 is 0 Å². The number of pyridine rings is 1. The summed E-state index contributed by atoms with van der Waals surface area (Å²) >= 11 is 0. The number of rotatable bonds is 2. The number of hydrogen-bond acceptors (Lipinski definition) is 2. The molecule has 0 saturated carbocycles. The summed E-state index contributed by atoms with van der Waals surface area (Å²) in [5.41, 5.74) is 4.26. The van der Waals surface area contributed by atoms with Gasteiger partial charge in [-0.2, -0.15) is 0 Å². The van der Waals surface area contributed by atoms with Crippen LogP contribution >= 0.6 is 0 Å². The van der Waals surface area contributed by atoms with E-state index < -0.39 is 0 Å². The molecule has 0 aliphatic carbocycles. The third-order valence-corrected chi connectivity index (χ3v) is 4.81. The minimum absolute atomic E-state index is 0.198. The number of H-pyrrole nitrogens is 1. The van der Waals surface area contributed by atoms with Crippen LogP contribution < -0.4 is 5.43 Å². The lowest BCUT2D eigenvalue weighted by molar-refractivity contribution is 0.184. The minimum Gasteiger partial charge on any atom is -0.358 e. The summed E-state index contributed by atoms with van der Waals surface area (Å²) < 4.78 is 0. The van der Waals surface area contributed by atoms with Crippen LogP contribution in [0.1, 0.15) is 36.6 Å². The number of para-hydroxylation sites is 1. The second kappa shape index (κ2) is 5.64. The number of piperidine rings is 1. The van der Waals surface area contributed by atoms with E-state index in [4.69, 9.17) is 0 Å². The van der Waals surface area contributed by atoms with E-state index in [-0.39, 0.29) is 5.43 Å². The van der Waals surface area contributed by atoms with Gasteiger partial charge in [0, 0.05) is 23.2 Å². The molecular weight excluding hydrogens is 260 g/mol. The summed E-state index contributed by atoms with van der Waals surface area (Å²) in [7, 11) is 0. The van der Waals surface area contributed by atoms with Gasteiger partial charge in [-0.1, -0.05) is 19.1 Å². The van der Waals surface area contributed by atoms with E-state index in [1.807, 2.05) is 32.0 Å². The van der Waals surface area contributed by atoms with E-state index in [0.717, 1.165) is 53.3 Å². The maximum absolute atomic E-state index is 12.8. The predicted octanol–water partition coefficient (Wildman–Crippen LogP) is 3.38. The molecule has 0 unspecified atom stereocenters. The standard InChI is InChI=1S/C18H24N2O/c1-12-7-9-20(10-8-12)11-16-14(3)19-17-13(2)5-4-6-15(17)18(16)21/h4-6,12H,7-11H2,1-3H3,(H,19,21). The van der Waals surface area contributed by atoms with Crippen molar-refractivity contribution in [2.75, 3.05) is 13.1 Å². The van der Waals surface area contributed by atoms with Gasteiger partial charge < -0.3 is 4.98 Å². The van der Waals surface area contributed by atoms with Gasteiger partial charge in [0.2, 0.25) is 0 Å². The smallest absolute Gasteiger partial charge is 0.194 e. The van der Waals surface area contributed by atoms with E-state index in [2.05, 4.69) is 16.8 Å². The van der Waals surface area contributed by atoms with Crippen molar-refractivity contribution in [1.82, 2.24) is 9.88 Å². The zero-order valence-corrected chi connectivity index (χ0v) is 13.2. The number of nitrogens with zero attached hydrogens (tertiary/aromatic N) is 1. The topological polar surface area (TPSA) is 36.1 Å². The highest BCUT2D eigenvalue weighted by molar-refractivity contribution is 5.82. The third kappa shape index (κ3) is 2.75. The monoisotopic (exact) mass is 284 g/mol. The Kier molecular flexibility index (Phi) is 3.85. The van der Waals surface area contributed by atoms with Gasteiger partial charge in [-0.15, -0.1) is 0 Å². The molecule has 2 heterocycles. The molecule has 0 amide bonds. The number of benzene rings is 1. The molecule has 1 N–H and O–H groups in total. The molecule has 0 spiro atoms. The number of likely N-dealkylation sites (tertiary alicyclic amines) is 1. The van der Waals surface area contributed by atoms with Crippen LogP contribution in [0.2, 0.25) is 0 Å². The van der Waals surface area contributed by atoms with Gasteiger partial charge in [-0.05, 0) is 57.3 Å². The highest BCUT2D eigenvalue weighted by Crippen LogP contribution is 2.20. The molecule has 21 heavy (non-hydrogen) atoms. The molecule has 3 heteroatoms. The van der Waals surface area contributed by atoms with Gasteiger partial charge in [0.25, 0.3) is 0 Å². The van der Waals surface area contributed by atoms with Gasteiger partial charge in [0.1, 0.15) is 0 Å². The summed E-state index contributed by atoms with van der Waals surface area (Å²) in [4.78, 5) is 18.6. The van der Waals surface area contributed by atoms with Crippen LogP contribution in [-0.2, 0) is 6.54 Å². The Bertz CT molecular complexity index is 709. The SMILES string of the molecule is Cc1[nH]c2c(C)cccc2c(=O)c1CN1CCC(C)CC1. The van der Waals surface area contributed by atoms with Gasteiger partial charge in [-0.3, -0.25) is 9.69 Å². The fourth-order valence-electron chi connectivity index (χ4n) is 3.25. The van der Waals surface area contributed by atoms with Crippen molar-refractivity contribution in [2.45, 2.75) is 40.2 Å². The normalized spacial score (nSPS) is 17.5. The molecule has 3 nitrogen and oxygen atoms in total. The van der Waals surface area contributed by atoms with E-state index in [0.29, 0.717) is 0 Å². The van der Waals surface area contributed by atoms with Crippen LogP contribution in [0, 0.1) is 19.8 Å². The largest absolute Gasteiger partial charge is 0.358 e. The highest BCUT2D eigenvalue weighted by Gasteiger charge is 2.18. The third-order valence-electron chi connectivity index (χ3n) is 4.81. The quantitative estimate of drug-likeness (QED) is 0.917. The number of hydrogen-bond donors (Lipinski definition) is 1. The Labute approximate surface area is 126 Å². The van der Waals surface area contributed by atoms with Gasteiger partial charge in [0.05, 0.1) is 5.52 Å². The van der Waals surface area contributed by atoms with Crippen LogP contribution in [-0.4, -0.2) is 23.0 Å². The lowest BCUT2D eigenvalue weighted by atomic mass is 9.98. The minimum atomic E-state index is 0.198. The molecule has 0 atom stereocenters. The first-order valence-electron chi connectivity index (χ1n) is 7.89. The summed E-state index contributed by atoms with van der Waals surface area (Å²) in [5.74, 6) is 0.819. The summed E-state index contributed by atoms with van der Waals surface area (Å²) in [6.45, 7) is 9.36. The first-order chi connectivity index (χ1) is 10.1. The van der Waals surface area contributed by atoms with E-state index in [1.165, 1.54) is 12.8 Å². The number of fused-ring (bicyclic) bond motifs is 1. The Morgan fingerprint density at radius 1 is 1.24 bits per heavy atom. The van der Waals surface area contributed by atoms with Crippen LogP contribution in [0.15, 0.2) is 23.0 Å². The van der Waals surface area contributed by atoms with E-state index in [9.17, 15) is 4.79 Å². The summed E-state index contributed by atoms with van der Waals surface area (Å²) in [5, 5.41) is 0.820. The average molecular weight is 284 g/mol. The molecule has 1 aromatic carbocycles. The molecular formula is C18H24N2O. The van der Waals surface area contributed by atoms with Crippen molar-refractivity contribution in [3.05, 3.63) is 45.2 Å². The highest BCUT2D eigenvalue weighted by atomic mass is 16.1. The second-order valence-corrected chi connectivity index (χ2v) is 6.51. The molecule has 1 aromatic heterocycles. The van der Waals surface area contributed by atoms with E-state index in [1.54, 1.807) is 0 Å². The molecule has 1 fully saturated rings. The fourth-order valence-corrected chi connectivity index (χ4v) is 3.25. The number of aryl methyl sites for hydroxylation is 2. The molecule has 1 aliphatic heterocycles. The molecule has 1 saturated heterocycles. The van der Waals surface area contributed by atoms with E-state index >= 15 is 0 Å². The molecule has 112 valence electrons. The maximum Gasteiger partial charge on any atom is 0.194 e. The van der Waals surface area contributed by atoms with Crippen LogP contribution in [0.25, 0.3) is 10.9 Å². The van der Waals surface area contributed by atoms with Crippen LogP contribution in [0.5, 0.6) is 0 Å². The maximum atomic E-state index is 12.8. The van der Waals surface area contributed by atoms with Gasteiger partial charge in [0.15, 0.2) is 5.43 Å². The van der Waals surface area contributed by atoms with Crippen molar-refractivity contribution in [1.29, 1.82) is 0 Å². The Morgan fingerprint density at radius 3 is 2.67 bits per heavy atom. The molecule has 3 rings (SSSR count). The predicted molar refractivity (Wildman–Crippen MR) is 87.7 cm³/mol. The molecule has 0 bridgehead atoms. The van der Waals surface area contributed by atoms with Crippen LogP contribution in [0.4, 0.5) is 0 Å².